The van der Waals surface area contributed by atoms with E-state index >= 15 is 0 Å². The Balaban J connectivity index is 0.000000217. The summed E-state index contributed by atoms with van der Waals surface area (Å²) in [5, 5.41) is 19.3. The Bertz CT molecular complexity index is 3320. The van der Waals surface area contributed by atoms with Gasteiger partial charge in [-0.2, -0.15) is 18.8 Å². The van der Waals surface area contributed by atoms with Gasteiger partial charge < -0.3 is 28.8 Å². The number of pyridine rings is 2. The molecule has 21 heteroatoms. The van der Waals surface area contributed by atoms with E-state index in [0.717, 1.165) is 22.3 Å². The van der Waals surface area contributed by atoms with Crippen LogP contribution < -0.4 is 18.9 Å². The zero-order valence-corrected chi connectivity index (χ0v) is 44.3. The number of hydrogen-bond donors (Lipinski definition) is 1. The Labute approximate surface area is 431 Å². The van der Waals surface area contributed by atoms with Crippen LogP contribution in [-0.2, 0) is 66.8 Å². The third kappa shape index (κ3) is 11.7. The van der Waals surface area contributed by atoms with E-state index < -0.39 is 37.1 Å². The number of sulfonamides is 2. The summed E-state index contributed by atoms with van der Waals surface area (Å²) in [4.78, 5) is 21.3. The van der Waals surface area contributed by atoms with Crippen LogP contribution >= 0.6 is 0 Å². The fourth-order valence-electron chi connectivity index (χ4n) is 7.88. The molecule has 0 saturated heterocycles. The van der Waals surface area contributed by atoms with Crippen LogP contribution in [0.5, 0.6) is 23.0 Å². The van der Waals surface area contributed by atoms with Gasteiger partial charge in [0.05, 0.1) is 58.5 Å². The lowest BCUT2D eigenvalue weighted by Crippen LogP contribution is -2.38. The number of ether oxygens (including phenoxy) is 5. The maximum Gasteiger partial charge on any atom is 0.333 e. The van der Waals surface area contributed by atoms with Crippen molar-refractivity contribution in [2.45, 2.75) is 75.0 Å². The number of carbonyl (C=O) groups excluding carboxylic acids is 1. The first-order chi connectivity index (χ1) is 35.3. The first-order valence-electron chi connectivity index (χ1n) is 23.2. The molecule has 0 saturated carbocycles. The monoisotopic (exact) mass is 1050 g/mol. The second-order valence-electron chi connectivity index (χ2n) is 18.1. The van der Waals surface area contributed by atoms with Gasteiger partial charge in [0.15, 0.2) is 16.8 Å². The summed E-state index contributed by atoms with van der Waals surface area (Å²) in [6.45, 7) is 6.91. The number of esters is 1. The number of aliphatic hydroxyl groups excluding tert-OH is 1. The van der Waals surface area contributed by atoms with Crippen molar-refractivity contribution in [2.24, 2.45) is 0 Å². The Morgan fingerprint density at radius 2 is 0.824 bits per heavy atom. The zero-order valence-electron chi connectivity index (χ0n) is 42.7. The standard InChI is InChI=1S/C27H30N4O6S.C26H30N4O5S/c1-27(2,26(32)37-5)31-24-23(7-6-16-28-24)25(29-31)38(33,34)30(17-19-8-12-21(35-3)13-9-19)18-20-10-14-22(36-4)15-11-20;1-26(2,18-31)30-24-23(6-5-15-27-24)25(28-30)36(32,33)29(16-19-7-11-21(34-3)12-8-19)17-20-9-13-22(35-4)14-10-20/h6-16H,17-18H2,1-5H3;5-15,31H,16-18H2,1-4H3. The number of rotatable bonds is 20. The van der Waals surface area contributed by atoms with Crippen LogP contribution in [0.4, 0.5) is 0 Å². The van der Waals surface area contributed by atoms with Gasteiger partial charge >= 0.3 is 5.97 Å². The highest BCUT2D eigenvalue weighted by molar-refractivity contribution is 7.89. The van der Waals surface area contributed by atoms with Crippen molar-refractivity contribution < 1.29 is 50.4 Å². The van der Waals surface area contributed by atoms with Crippen LogP contribution in [0.25, 0.3) is 22.1 Å². The molecule has 8 aromatic rings. The van der Waals surface area contributed by atoms with E-state index in [-0.39, 0.29) is 48.5 Å². The molecule has 390 valence electrons. The van der Waals surface area contributed by atoms with Gasteiger partial charge in [-0.25, -0.2) is 41.0 Å². The van der Waals surface area contributed by atoms with Gasteiger partial charge in [-0.15, -0.1) is 0 Å². The lowest BCUT2D eigenvalue weighted by Gasteiger charge is -2.23. The topological polar surface area (TPSA) is 220 Å². The number of methoxy groups -OCH3 is 5. The van der Waals surface area contributed by atoms with E-state index in [1.807, 2.05) is 48.5 Å². The van der Waals surface area contributed by atoms with Gasteiger partial charge in [0.2, 0.25) is 10.1 Å². The van der Waals surface area contributed by atoms with E-state index in [2.05, 4.69) is 20.2 Å². The van der Waals surface area contributed by atoms with Crippen molar-refractivity contribution in [3.63, 3.8) is 0 Å². The largest absolute Gasteiger partial charge is 0.497 e. The van der Waals surface area contributed by atoms with Crippen LogP contribution in [0.2, 0.25) is 0 Å². The van der Waals surface area contributed by atoms with Gasteiger partial charge in [-0.3, -0.25) is 0 Å². The molecule has 1 N–H and O–H groups in total. The first kappa shape index (κ1) is 54.3. The molecule has 0 amide bonds. The molecule has 0 aliphatic carbocycles. The molecule has 0 aliphatic heterocycles. The summed E-state index contributed by atoms with van der Waals surface area (Å²) in [7, 11) is -0.692. The van der Waals surface area contributed by atoms with Crippen LogP contribution in [-0.4, -0.2) is 108 Å². The summed E-state index contributed by atoms with van der Waals surface area (Å²) in [6, 6.07) is 35.5. The lowest BCUT2D eigenvalue weighted by molar-refractivity contribution is -0.149. The van der Waals surface area contributed by atoms with E-state index in [1.54, 1.807) is 135 Å². The van der Waals surface area contributed by atoms with Gasteiger partial charge in [-0.05, 0) is 123 Å². The number of hydrogen-bond acceptors (Lipinski definition) is 15. The molecule has 0 unspecified atom stereocenters. The first-order valence-corrected chi connectivity index (χ1v) is 26.1. The molecule has 0 aliphatic rings. The molecule has 0 radical (unpaired) electrons. The molecule has 8 rings (SSSR count). The fraction of sp³-hybridized carbons (Fsp3) is 0.302. The van der Waals surface area contributed by atoms with Gasteiger partial charge in [-0.1, -0.05) is 48.5 Å². The normalized spacial score (nSPS) is 12.2. The van der Waals surface area contributed by atoms with Crippen LogP contribution in [0.1, 0.15) is 49.9 Å². The Hall–Kier alpha value is -7.43. The number of aromatic nitrogens is 6. The molecule has 0 atom stereocenters. The highest BCUT2D eigenvalue weighted by Gasteiger charge is 2.39. The third-order valence-corrected chi connectivity index (χ3v) is 15.7. The third-order valence-electron chi connectivity index (χ3n) is 12.2. The van der Waals surface area contributed by atoms with Gasteiger partial charge in [0.1, 0.15) is 23.0 Å². The van der Waals surface area contributed by atoms with Crippen molar-refractivity contribution >= 4 is 48.1 Å². The molecule has 4 heterocycles. The maximum atomic E-state index is 14.2. The predicted molar refractivity (Wildman–Crippen MR) is 278 cm³/mol. The Kier molecular flexibility index (Phi) is 16.7. The molecule has 74 heavy (non-hydrogen) atoms. The maximum absolute atomic E-state index is 14.2. The summed E-state index contributed by atoms with van der Waals surface area (Å²) < 4.78 is 88.2. The van der Waals surface area contributed by atoms with Gasteiger partial charge in [0, 0.05) is 38.6 Å². The SMILES string of the molecule is COC(=O)C(C)(C)n1nc(S(=O)(=O)N(Cc2ccc(OC)cc2)Cc2ccc(OC)cc2)c2cccnc21.COc1ccc(CN(Cc2ccc(OC)cc2)S(=O)(=O)c2nn(C(C)(C)CO)c3ncccc23)cc1. The highest BCUT2D eigenvalue weighted by atomic mass is 32.2. The average Bonchev–Trinajstić information content (AvgIpc) is 4.03. The fourth-order valence-corrected chi connectivity index (χ4v) is 10.9. The predicted octanol–water partition coefficient (Wildman–Crippen LogP) is 7.31. The van der Waals surface area contributed by atoms with Gasteiger partial charge in [0.25, 0.3) is 20.0 Å². The molecule has 4 aromatic carbocycles. The summed E-state index contributed by atoms with van der Waals surface area (Å²) in [5.41, 5.74) is 1.62. The molecule has 0 spiro atoms. The quantitative estimate of drug-likeness (QED) is 0.0740. The molecular weight excluding hydrogens is 989 g/mol. The number of aliphatic hydroxyl groups is 1. The van der Waals surface area contributed by atoms with Crippen molar-refractivity contribution in [1.29, 1.82) is 0 Å². The summed E-state index contributed by atoms with van der Waals surface area (Å²) in [6.07, 6.45) is 3.10. The Morgan fingerprint density at radius 1 is 0.514 bits per heavy atom. The molecule has 0 fully saturated rings. The van der Waals surface area contributed by atoms with Crippen LogP contribution in [0, 0.1) is 0 Å². The molecule has 4 aromatic heterocycles. The second-order valence-corrected chi connectivity index (χ2v) is 21.8. The Morgan fingerprint density at radius 3 is 1.12 bits per heavy atom. The lowest BCUT2D eigenvalue weighted by atomic mass is 10.1. The molecule has 19 nitrogen and oxygen atoms in total. The molecular formula is C53H60N8O11S2. The van der Waals surface area contributed by atoms with E-state index in [0.29, 0.717) is 39.4 Å². The number of fused-ring (bicyclic) bond motifs is 2. The van der Waals surface area contributed by atoms with E-state index in [9.17, 15) is 26.7 Å². The van der Waals surface area contributed by atoms with Crippen molar-refractivity contribution in [1.82, 2.24) is 38.1 Å². The summed E-state index contributed by atoms with van der Waals surface area (Å²) in [5.74, 6) is 2.12. The minimum atomic E-state index is -4.18. The summed E-state index contributed by atoms with van der Waals surface area (Å²) >= 11 is 0. The minimum Gasteiger partial charge on any atom is -0.497 e. The van der Waals surface area contributed by atoms with Crippen molar-refractivity contribution in [3.05, 3.63) is 156 Å². The smallest absolute Gasteiger partial charge is 0.333 e. The average molecular weight is 1050 g/mol. The second kappa shape index (κ2) is 22.8. The van der Waals surface area contributed by atoms with Crippen LogP contribution in [0.3, 0.4) is 0 Å². The minimum absolute atomic E-state index is 0.0768. The van der Waals surface area contributed by atoms with Crippen LogP contribution in [0.15, 0.2) is 144 Å². The molecule has 0 bridgehead atoms. The van der Waals surface area contributed by atoms with Crippen molar-refractivity contribution in [3.8, 4) is 23.0 Å². The number of carbonyl (C=O) groups is 1. The number of benzene rings is 4. The van der Waals surface area contributed by atoms with Crippen molar-refractivity contribution in [2.75, 3.05) is 42.2 Å². The number of nitrogens with zero attached hydrogens (tertiary/aromatic N) is 8. The highest BCUT2D eigenvalue weighted by Crippen LogP contribution is 2.33. The van der Waals surface area contributed by atoms with E-state index in [4.69, 9.17) is 23.7 Å². The zero-order chi connectivity index (χ0) is 53.4. The van der Waals surface area contributed by atoms with E-state index in [1.165, 1.54) is 31.3 Å².